The summed E-state index contributed by atoms with van der Waals surface area (Å²) in [6.07, 6.45) is 7.36. The second-order valence-electron chi connectivity index (χ2n) is 7.52. The van der Waals surface area contributed by atoms with E-state index in [1.165, 1.54) is 23.4 Å². The summed E-state index contributed by atoms with van der Waals surface area (Å²) in [7, 11) is 0. The van der Waals surface area contributed by atoms with Crippen molar-refractivity contribution in [2.24, 2.45) is 5.41 Å². The third kappa shape index (κ3) is 2.40. The Hall–Kier alpha value is -3.02. The molecule has 1 spiro atoms. The Balaban J connectivity index is 1.42. The number of anilines is 1. The van der Waals surface area contributed by atoms with Crippen LogP contribution in [0, 0.1) is 11.4 Å². The van der Waals surface area contributed by atoms with Gasteiger partial charge in [0, 0.05) is 24.5 Å². The smallest absolute Gasteiger partial charge is 0.236 e. The molecule has 0 unspecified atom stereocenters. The van der Waals surface area contributed by atoms with Crippen LogP contribution in [0.2, 0.25) is 0 Å². The number of aromatic nitrogens is 3. The van der Waals surface area contributed by atoms with Crippen molar-refractivity contribution in [2.75, 3.05) is 5.32 Å². The highest BCUT2D eigenvalue weighted by molar-refractivity contribution is 6.02. The standard InChI is InChI=1S/C21H19FN4O/c22-17-13-16(7-11-23-17)26-12-8-18(25-26)24-19(27)21(14-20(21)9-4-10-20)15-5-2-1-3-6-15/h1-3,5-8,11-13H,4,9-10,14H2,(H,24,25,27)/t21-/m0/s1. The average Bonchev–Trinajstić information content (AvgIpc) is 3.21. The fraction of sp³-hybridized carbons (Fsp3) is 0.286. The van der Waals surface area contributed by atoms with Gasteiger partial charge in [0.25, 0.3) is 0 Å². The number of nitrogens with zero attached hydrogens (tertiary/aromatic N) is 3. The Labute approximate surface area is 156 Å². The molecule has 0 saturated heterocycles. The molecule has 1 amide bonds. The topological polar surface area (TPSA) is 59.8 Å². The summed E-state index contributed by atoms with van der Waals surface area (Å²) < 4.78 is 14.9. The summed E-state index contributed by atoms with van der Waals surface area (Å²) in [5.41, 5.74) is 1.29. The molecule has 0 aliphatic heterocycles. The van der Waals surface area contributed by atoms with Crippen LogP contribution >= 0.6 is 0 Å². The summed E-state index contributed by atoms with van der Waals surface area (Å²) in [6, 6.07) is 14.7. The van der Waals surface area contributed by atoms with Gasteiger partial charge in [-0.15, -0.1) is 0 Å². The van der Waals surface area contributed by atoms with Gasteiger partial charge < -0.3 is 5.32 Å². The Morgan fingerprint density at radius 2 is 1.96 bits per heavy atom. The van der Waals surface area contributed by atoms with Gasteiger partial charge in [-0.2, -0.15) is 9.49 Å². The minimum Gasteiger partial charge on any atom is -0.308 e. The van der Waals surface area contributed by atoms with Crippen LogP contribution < -0.4 is 5.32 Å². The number of halogens is 1. The van der Waals surface area contributed by atoms with E-state index in [1.807, 2.05) is 30.3 Å². The second kappa shape index (κ2) is 5.74. The van der Waals surface area contributed by atoms with Crippen molar-refractivity contribution < 1.29 is 9.18 Å². The highest BCUT2D eigenvalue weighted by atomic mass is 19.1. The van der Waals surface area contributed by atoms with E-state index in [9.17, 15) is 9.18 Å². The van der Waals surface area contributed by atoms with Gasteiger partial charge in [0.1, 0.15) is 0 Å². The summed E-state index contributed by atoms with van der Waals surface area (Å²) in [4.78, 5) is 16.8. The van der Waals surface area contributed by atoms with Gasteiger partial charge >= 0.3 is 0 Å². The first kappa shape index (κ1) is 16.2. The SMILES string of the molecule is O=C(Nc1ccn(-c2ccnc(F)c2)n1)[C@@]1(c2ccccc2)CC12CCC2. The first-order chi connectivity index (χ1) is 13.1. The number of hydrogen-bond acceptors (Lipinski definition) is 3. The number of rotatable bonds is 4. The molecule has 136 valence electrons. The molecule has 0 bridgehead atoms. The molecule has 0 radical (unpaired) electrons. The summed E-state index contributed by atoms with van der Waals surface area (Å²) >= 11 is 0. The zero-order chi connectivity index (χ0) is 18.5. The fourth-order valence-electron chi connectivity index (χ4n) is 4.55. The highest BCUT2D eigenvalue weighted by Gasteiger charge is 2.74. The molecule has 1 N–H and O–H groups in total. The molecule has 6 heteroatoms. The molecule has 5 nitrogen and oxygen atoms in total. The second-order valence-corrected chi connectivity index (χ2v) is 7.52. The van der Waals surface area contributed by atoms with Crippen molar-refractivity contribution in [3.63, 3.8) is 0 Å². The van der Waals surface area contributed by atoms with Gasteiger partial charge in [-0.25, -0.2) is 9.67 Å². The summed E-state index contributed by atoms with van der Waals surface area (Å²) in [5, 5.41) is 7.37. The monoisotopic (exact) mass is 362 g/mol. The number of carbonyl (C=O) groups is 1. The van der Waals surface area contributed by atoms with Crippen molar-refractivity contribution in [2.45, 2.75) is 31.1 Å². The third-order valence-electron chi connectivity index (χ3n) is 6.15. The lowest BCUT2D eigenvalue weighted by Gasteiger charge is -2.32. The van der Waals surface area contributed by atoms with E-state index in [0.717, 1.165) is 24.8 Å². The molecule has 2 aliphatic carbocycles. The first-order valence-electron chi connectivity index (χ1n) is 9.18. The maximum atomic E-state index is 13.3. The minimum absolute atomic E-state index is 0.000408. The van der Waals surface area contributed by atoms with E-state index in [1.54, 1.807) is 18.3 Å². The van der Waals surface area contributed by atoms with E-state index in [4.69, 9.17) is 0 Å². The molecule has 2 aliphatic rings. The van der Waals surface area contributed by atoms with E-state index in [0.29, 0.717) is 11.5 Å². The lowest BCUT2D eigenvalue weighted by atomic mass is 9.72. The van der Waals surface area contributed by atoms with Gasteiger partial charge in [0.15, 0.2) is 5.82 Å². The van der Waals surface area contributed by atoms with Crippen LogP contribution in [-0.4, -0.2) is 20.7 Å². The Morgan fingerprint density at radius 1 is 1.15 bits per heavy atom. The molecular weight excluding hydrogens is 343 g/mol. The maximum Gasteiger partial charge on any atom is 0.236 e. The summed E-state index contributed by atoms with van der Waals surface area (Å²) in [5.74, 6) is -0.102. The molecule has 2 aromatic heterocycles. The van der Waals surface area contributed by atoms with Gasteiger partial charge in [-0.05, 0) is 36.3 Å². The normalized spacial score (nSPS) is 22.3. The van der Waals surface area contributed by atoms with E-state index < -0.39 is 11.4 Å². The molecule has 27 heavy (non-hydrogen) atoms. The van der Waals surface area contributed by atoms with E-state index >= 15 is 0 Å². The molecular formula is C21H19FN4O. The quantitative estimate of drug-likeness (QED) is 0.717. The van der Waals surface area contributed by atoms with Crippen LogP contribution in [0.5, 0.6) is 0 Å². The number of nitrogens with one attached hydrogen (secondary N) is 1. The summed E-state index contributed by atoms with van der Waals surface area (Å²) in [6.45, 7) is 0. The number of amides is 1. The van der Waals surface area contributed by atoms with E-state index in [-0.39, 0.29) is 11.3 Å². The molecule has 5 rings (SSSR count). The van der Waals surface area contributed by atoms with Gasteiger partial charge in [0.2, 0.25) is 11.9 Å². The molecule has 2 saturated carbocycles. The van der Waals surface area contributed by atoms with Crippen LogP contribution in [0.1, 0.15) is 31.2 Å². The van der Waals surface area contributed by atoms with Crippen molar-refractivity contribution in [1.82, 2.24) is 14.8 Å². The van der Waals surface area contributed by atoms with E-state index in [2.05, 4.69) is 15.4 Å². The zero-order valence-corrected chi connectivity index (χ0v) is 14.7. The lowest BCUT2D eigenvalue weighted by Crippen LogP contribution is -2.36. The van der Waals surface area contributed by atoms with Crippen LogP contribution in [-0.2, 0) is 10.2 Å². The average molecular weight is 362 g/mol. The third-order valence-corrected chi connectivity index (χ3v) is 6.15. The maximum absolute atomic E-state index is 13.3. The first-order valence-corrected chi connectivity index (χ1v) is 9.18. The zero-order valence-electron chi connectivity index (χ0n) is 14.7. The van der Waals surface area contributed by atoms with Crippen molar-refractivity contribution >= 4 is 11.7 Å². The van der Waals surface area contributed by atoms with Crippen molar-refractivity contribution in [1.29, 1.82) is 0 Å². The number of hydrogen-bond donors (Lipinski definition) is 1. The van der Waals surface area contributed by atoms with Gasteiger partial charge in [-0.3, -0.25) is 4.79 Å². The Kier molecular flexibility index (Phi) is 3.44. The molecule has 1 aromatic carbocycles. The molecule has 1 atom stereocenters. The number of pyridine rings is 1. The predicted molar refractivity (Wildman–Crippen MR) is 99.0 cm³/mol. The number of carbonyl (C=O) groups excluding carboxylic acids is 1. The Bertz CT molecular complexity index is 1010. The molecule has 2 heterocycles. The number of benzene rings is 1. The fourth-order valence-corrected chi connectivity index (χ4v) is 4.55. The molecule has 3 aromatic rings. The van der Waals surface area contributed by atoms with Gasteiger partial charge in [-0.1, -0.05) is 36.8 Å². The van der Waals surface area contributed by atoms with Crippen molar-refractivity contribution in [3.05, 3.63) is 72.4 Å². The van der Waals surface area contributed by atoms with Crippen LogP contribution in [0.15, 0.2) is 60.9 Å². The van der Waals surface area contributed by atoms with Crippen molar-refractivity contribution in [3.8, 4) is 5.69 Å². The van der Waals surface area contributed by atoms with Gasteiger partial charge in [0.05, 0.1) is 11.1 Å². The largest absolute Gasteiger partial charge is 0.308 e. The van der Waals surface area contributed by atoms with Crippen LogP contribution in [0.4, 0.5) is 10.2 Å². The predicted octanol–water partition coefficient (Wildman–Crippen LogP) is 3.86. The molecule has 2 fully saturated rings. The minimum atomic E-state index is -0.568. The van der Waals surface area contributed by atoms with Crippen LogP contribution in [0.3, 0.4) is 0 Å². The lowest BCUT2D eigenvalue weighted by molar-refractivity contribution is -0.120. The highest BCUT2D eigenvalue weighted by Crippen LogP contribution is 2.74. The Morgan fingerprint density at radius 3 is 2.63 bits per heavy atom. The van der Waals surface area contributed by atoms with Crippen LogP contribution in [0.25, 0.3) is 5.69 Å².